The minimum atomic E-state index is 0.585. The Morgan fingerprint density at radius 2 is 1.85 bits per heavy atom. The number of hydrogen-bond acceptors (Lipinski definition) is 3. The van der Waals surface area contributed by atoms with Gasteiger partial charge in [0.2, 0.25) is 0 Å². The normalized spacial score (nSPS) is 14.0. The maximum atomic E-state index is 6.21. The lowest BCUT2D eigenvalue weighted by Crippen LogP contribution is -2.32. The highest BCUT2D eigenvalue weighted by Gasteiger charge is 2.15. The molecule has 0 aromatic heterocycles. The van der Waals surface area contributed by atoms with Gasteiger partial charge in [0, 0.05) is 24.7 Å². The molecule has 0 unspecified atom stereocenters. The minimum absolute atomic E-state index is 0.585. The first-order chi connectivity index (χ1) is 12.7. The smallest absolute Gasteiger partial charge is 0.171 e. The van der Waals surface area contributed by atoms with Crippen molar-refractivity contribution < 1.29 is 4.74 Å². The zero-order chi connectivity index (χ0) is 18.4. The lowest BCUT2D eigenvalue weighted by Gasteiger charge is -2.31. The molecule has 0 radical (unpaired) electrons. The van der Waals surface area contributed by atoms with Gasteiger partial charge < -0.3 is 20.3 Å². The maximum Gasteiger partial charge on any atom is 0.171 e. The number of halogens is 1. The molecule has 138 valence electrons. The molecule has 0 amide bonds. The molecular weight excluding hydrogens is 366 g/mol. The highest BCUT2D eigenvalue weighted by atomic mass is 35.5. The van der Waals surface area contributed by atoms with Crippen LogP contribution in [0, 0.1) is 0 Å². The number of piperidine rings is 1. The first kappa shape index (κ1) is 18.8. The van der Waals surface area contributed by atoms with Crippen molar-refractivity contribution in [2.24, 2.45) is 0 Å². The Balaban J connectivity index is 1.63. The van der Waals surface area contributed by atoms with Gasteiger partial charge in [0.05, 0.1) is 18.5 Å². The molecule has 4 nitrogen and oxygen atoms in total. The van der Waals surface area contributed by atoms with Gasteiger partial charge in [-0.15, -0.1) is 0 Å². The van der Waals surface area contributed by atoms with E-state index in [9.17, 15) is 0 Å². The summed E-state index contributed by atoms with van der Waals surface area (Å²) in [4.78, 5) is 2.40. The van der Waals surface area contributed by atoms with Gasteiger partial charge in [-0.05, 0) is 67.4 Å². The number of benzene rings is 2. The van der Waals surface area contributed by atoms with Gasteiger partial charge in [-0.3, -0.25) is 0 Å². The predicted molar refractivity (Wildman–Crippen MR) is 114 cm³/mol. The number of ether oxygens (including phenoxy) is 1. The quantitative estimate of drug-likeness (QED) is 0.716. The molecule has 2 aromatic carbocycles. The van der Waals surface area contributed by atoms with Crippen molar-refractivity contribution >= 4 is 40.3 Å². The Labute approximate surface area is 165 Å². The Hall–Kier alpha value is -1.98. The second-order valence-electron chi connectivity index (χ2n) is 6.36. The van der Waals surface area contributed by atoms with Crippen LogP contribution in [0.3, 0.4) is 0 Å². The highest BCUT2D eigenvalue weighted by molar-refractivity contribution is 7.80. The van der Waals surface area contributed by atoms with Crippen molar-refractivity contribution in [2.75, 3.05) is 30.4 Å². The second-order valence-corrected chi connectivity index (χ2v) is 7.21. The van der Waals surface area contributed by atoms with Crippen molar-refractivity contribution in [3.63, 3.8) is 0 Å². The van der Waals surface area contributed by atoms with E-state index in [4.69, 9.17) is 28.6 Å². The van der Waals surface area contributed by atoms with E-state index >= 15 is 0 Å². The van der Waals surface area contributed by atoms with E-state index in [2.05, 4.69) is 21.6 Å². The number of thiocarbonyl (C=S) groups is 1. The van der Waals surface area contributed by atoms with E-state index < -0.39 is 0 Å². The first-order valence-corrected chi connectivity index (χ1v) is 9.66. The van der Waals surface area contributed by atoms with Crippen molar-refractivity contribution in [3.8, 4) is 5.75 Å². The number of hydrogen-bond donors (Lipinski definition) is 2. The van der Waals surface area contributed by atoms with Crippen LogP contribution in [0.15, 0.2) is 42.5 Å². The summed E-state index contributed by atoms with van der Waals surface area (Å²) in [5, 5.41) is 7.85. The lowest BCUT2D eigenvalue weighted by atomic mass is 10.1. The largest absolute Gasteiger partial charge is 0.497 e. The number of anilines is 2. The fraction of sp³-hybridized carbons (Fsp3) is 0.350. The van der Waals surface area contributed by atoms with E-state index in [-0.39, 0.29) is 0 Å². The Morgan fingerprint density at radius 1 is 1.12 bits per heavy atom. The Morgan fingerprint density at radius 3 is 2.54 bits per heavy atom. The molecule has 6 heteroatoms. The summed E-state index contributed by atoms with van der Waals surface area (Å²) in [5.74, 6) is 0.847. The summed E-state index contributed by atoms with van der Waals surface area (Å²) in [6.07, 6.45) is 3.75. The molecule has 0 atom stereocenters. The van der Waals surface area contributed by atoms with Gasteiger partial charge in [0.25, 0.3) is 0 Å². The molecule has 0 aliphatic carbocycles. The van der Waals surface area contributed by atoms with Gasteiger partial charge in [0.1, 0.15) is 5.75 Å². The topological polar surface area (TPSA) is 36.5 Å². The fourth-order valence-electron chi connectivity index (χ4n) is 3.11. The Bertz CT molecular complexity index is 745. The molecule has 1 aliphatic rings. The van der Waals surface area contributed by atoms with Gasteiger partial charge >= 0.3 is 0 Å². The molecule has 0 saturated carbocycles. The molecule has 3 rings (SSSR count). The number of rotatable bonds is 5. The van der Waals surface area contributed by atoms with Crippen LogP contribution in [-0.4, -0.2) is 25.3 Å². The highest BCUT2D eigenvalue weighted by Crippen LogP contribution is 2.31. The van der Waals surface area contributed by atoms with Crippen molar-refractivity contribution in [1.82, 2.24) is 5.32 Å². The van der Waals surface area contributed by atoms with Gasteiger partial charge in [-0.2, -0.15) is 0 Å². The summed E-state index contributed by atoms with van der Waals surface area (Å²) >= 11 is 11.7. The maximum absolute atomic E-state index is 6.21. The molecule has 0 spiro atoms. The SMILES string of the molecule is COc1ccc(CNC(=S)Nc2cc(Cl)ccc2N2CCCCC2)cc1. The number of nitrogens with zero attached hydrogens (tertiary/aromatic N) is 1. The van der Waals surface area contributed by atoms with Crippen LogP contribution in [0.2, 0.25) is 5.02 Å². The van der Waals surface area contributed by atoms with E-state index in [0.717, 1.165) is 35.8 Å². The van der Waals surface area contributed by atoms with Crippen molar-refractivity contribution in [3.05, 3.63) is 53.1 Å². The van der Waals surface area contributed by atoms with Gasteiger partial charge in [-0.1, -0.05) is 23.7 Å². The zero-order valence-corrected chi connectivity index (χ0v) is 16.5. The van der Waals surface area contributed by atoms with Crippen molar-refractivity contribution in [1.29, 1.82) is 0 Å². The van der Waals surface area contributed by atoms with E-state index in [1.54, 1.807) is 7.11 Å². The lowest BCUT2D eigenvalue weighted by molar-refractivity contribution is 0.414. The molecule has 2 aromatic rings. The second kappa shape index (κ2) is 9.10. The first-order valence-electron chi connectivity index (χ1n) is 8.88. The average Bonchev–Trinajstić information content (AvgIpc) is 2.67. The summed E-state index contributed by atoms with van der Waals surface area (Å²) in [5.41, 5.74) is 3.24. The van der Waals surface area contributed by atoms with E-state index in [1.807, 2.05) is 36.4 Å². The van der Waals surface area contributed by atoms with Gasteiger partial charge in [-0.25, -0.2) is 0 Å². The molecule has 2 N–H and O–H groups in total. The molecule has 1 heterocycles. The summed E-state index contributed by atoms with van der Waals surface area (Å²) in [7, 11) is 1.66. The molecule has 1 fully saturated rings. The van der Waals surface area contributed by atoms with Crippen LogP contribution in [0.5, 0.6) is 5.75 Å². The molecule has 1 aliphatic heterocycles. The summed E-state index contributed by atoms with van der Waals surface area (Å²) < 4.78 is 5.18. The third kappa shape index (κ3) is 5.02. The predicted octanol–water partition coefficient (Wildman–Crippen LogP) is 4.83. The average molecular weight is 390 g/mol. The molecule has 26 heavy (non-hydrogen) atoms. The summed E-state index contributed by atoms with van der Waals surface area (Å²) in [6.45, 7) is 2.79. The third-order valence-corrected chi connectivity index (χ3v) is 5.00. The van der Waals surface area contributed by atoms with Crippen LogP contribution in [-0.2, 0) is 6.54 Å². The van der Waals surface area contributed by atoms with Crippen LogP contribution < -0.4 is 20.3 Å². The molecular formula is C20H24ClN3OS. The fourth-order valence-corrected chi connectivity index (χ4v) is 3.47. The van der Waals surface area contributed by atoms with Crippen LogP contribution in [0.25, 0.3) is 0 Å². The van der Waals surface area contributed by atoms with Crippen molar-refractivity contribution in [2.45, 2.75) is 25.8 Å². The van der Waals surface area contributed by atoms with Crippen LogP contribution in [0.1, 0.15) is 24.8 Å². The zero-order valence-electron chi connectivity index (χ0n) is 14.9. The van der Waals surface area contributed by atoms with Crippen LogP contribution in [0.4, 0.5) is 11.4 Å². The van der Waals surface area contributed by atoms with Crippen LogP contribution >= 0.6 is 23.8 Å². The monoisotopic (exact) mass is 389 g/mol. The summed E-state index contributed by atoms with van der Waals surface area (Å²) in [6, 6.07) is 13.9. The molecule has 0 bridgehead atoms. The standard InChI is InChI=1S/C20H24ClN3OS/c1-25-17-8-5-15(6-9-17)14-22-20(26)23-18-13-16(21)7-10-19(18)24-11-3-2-4-12-24/h5-10,13H,2-4,11-12,14H2,1H3,(H2,22,23,26). The third-order valence-electron chi connectivity index (χ3n) is 4.52. The number of methoxy groups -OCH3 is 1. The molecule has 1 saturated heterocycles. The Kier molecular flexibility index (Phi) is 6.58. The minimum Gasteiger partial charge on any atom is -0.497 e. The van der Waals surface area contributed by atoms with E-state index in [0.29, 0.717) is 16.7 Å². The number of nitrogens with one attached hydrogen (secondary N) is 2. The van der Waals surface area contributed by atoms with E-state index in [1.165, 1.54) is 19.3 Å². The van der Waals surface area contributed by atoms with Gasteiger partial charge in [0.15, 0.2) is 5.11 Å².